The number of benzene rings is 1. The van der Waals surface area contributed by atoms with Gasteiger partial charge in [0.1, 0.15) is 11.6 Å². The molecule has 3 rings (SSSR count). The van der Waals surface area contributed by atoms with Gasteiger partial charge in [0.2, 0.25) is 0 Å². The number of pyridine rings is 1. The van der Waals surface area contributed by atoms with Crippen molar-refractivity contribution in [2.24, 2.45) is 0 Å². The normalized spacial score (nSPS) is 14.7. The maximum absolute atomic E-state index is 14.0. The average Bonchev–Trinajstić information content (AvgIpc) is 2.69. The maximum atomic E-state index is 14.0. The first-order valence-corrected chi connectivity index (χ1v) is 9.13. The molecule has 1 N–H and O–H groups in total. The van der Waals surface area contributed by atoms with E-state index in [9.17, 15) is 19.3 Å². The van der Waals surface area contributed by atoms with E-state index in [1.165, 1.54) is 24.4 Å². The van der Waals surface area contributed by atoms with Crippen LogP contribution >= 0.6 is 0 Å². The number of nitro benzene ring substituents is 1. The number of nitrogens with zero attached hydrogens (tertiary/aromatic N) is 4. The summed E-state index contributed by atoms with van der Waals surface area (Å²) in [5.41, 5.74) is -0.365. The van der Waals surface area contributed by atoms with Crippen molar-refractivity contribution in [2.45, 2.75) is 18.9 Å². The highest BCUT2D eigenvalue weighted by Gasteiger charge is 2.24. The lowest BCUT2D eigenvalue weighted by atomic mass is 10.0. The van der Waals surface area contributed by atoms with E-state index in [0.29, 0.717) is 19.1 Å². The number of anilines is 1. The Hall–Kier alpha value is -3.27. The highest BCUT2D eigenvalue weighted by molar-refractivity contribution is 5.88. The van der Waals surface area contributed by atoms with Gasteiger partial charge in [0, 0.05) is 37.5 Å². The zero-order valence-corrected chi connectivity index (χ0v) is 16.2. The van der Waals surface area contributed by atoms with Crippen LogP contribution in [-0.4, -0.2) is 59.0 Å². The molecule has 10 heteroatoms. The van der Waals surface area contributed by atoms with Gasteiger partial charge in [-0.1, -0.05) is 0 Å². The third-order valence-corrected chi connectivity index (χ3v) is 4.80. The SMILES string of the molecule is CN(C)C1CCN(C(=O)Nc2cc(Oc3ccc([N+](=O)[O-])cc3F)ccn2)CC1. The van der Waals surface area contributed by atoms with E-state index < -0.39 is 10.7 Å². The van der Waals surface area contributed by atoms with E-state index in [0.717, 1.165) is 25.0 Å². The number of piperidine rings is 1. The first-order chi connectivity index (χ1) is 13.8. The van der Waals surface area contributed by atoms with Crippen LogP contribution in [0.4, 0.5) is 20.7 Å². The number of aromatic nitrogens is 1. The summed E-state index contributed by atoms with van der Waals surface area (Å²) in [5.74, 6) is -0.505. The summed E-state index contributed by atoms with van der Waals surface area (Å²) in [6, 6.07) is 6.29. The van der Waals surface area contributed by atoms with Gasteiger partial charge in [-0.25, -0.2) is 14.2 Å². The number of rotatable bonds is 5. The van der Waals surface area contributed by atoms with E-state index in [-0.39, 0.29) is 29.0 Å². The number of carbonyl (C=O) groups excluding carboxylic acids is 1. The number of nitrogens with one attached hydrogen (secondary N) is 1. The van der Waals surface area contributed by atoms with Gasteiger partial charge in [-0.2, -0.15) is 0 Å². The van der Waals surface area contributed by atoms with Crippen molar-refractivity contribution in [1.82, 2.24) is 14.8 Å². The third kappa shape index (κ3) is 5.17. The number of hydrogen-bond donors (Lipinski definition) is 1. The highest BCUT2D eigenvalue weighted by atomic mass is 19.1. The van der Waals surface area contributed by atoms with Gasteiger partial charge in [0.25, 0.3) is 5.69 Å². The zero-order valence-electron chi connectivity index (χ0n) is 16.2. The van der Waals surface area contributed by atoms with Gasteiger partial charge in [-0.3, -0.25) is 15.4 Å². The summed E-state index contributed by atoms with van der Waals surface area (Å²) in [6.45, 7) is 1.30. The molecule has 0 bridgehead atoms. The van der Waals surface area contributed by atoms with E-state index in [1.807, 2.05) is 14.1 Å². The molecule has 0 spiro atoms. The Kier molecular flexibility index (Phi) is 6.23. The number of carbonyl (C=O) groups is 1. The Bertz CT molecular complexity index is 900. The molecule has 2 heterocycles. The topological polar surface area (TPSA) is 101 Å². The van der Waals surface area contributed by atoms with Crippen LogP contribution in [0.2, 0.25) is 0 Å². The molecule has 1 aliphatic rings. The number of likely N-dealkylation sites (tertiary alicyclic amines) is 1. The van der Waals surface area contributed by atoms with Crippen LogP contribution in [0.3, 0.4) is 0 Å². The van der Waals surface area contributed by atoms with Crippen molar-refractivity contribution >= 4 is 17.5 Å². The summed E-state index contributed by atoms with van der Waals surface area (Å²) in [6.07, 6.45) is 3.22. The molecule has 9 nitrogen and oxygen atoms in total. The Morgan fingerprint density at radius 2 is 2.03 bits per heavy atom. The van der Waals surface area contributed by atoms with Crippen molar-refractivity contribution in [3.8, 4) is 11.5 Å². The van der Waals surface area contributed by atoms with E-state index in [1.54, 1.807) is 4.90 Å². The first kappa shape index (κ1) is 20.5. The van der Waals surface area contributed by atoms with E-state index in [2.05, 4.69) is 15.2 Å². The van der Waals surface area contributed by atoms with Crippen LogP contribution in [0.5, 0.6) is 11.5 Å². The molecule has 0 saturated carbocycles. The van der Waals surface area contributed by atoms with Crippen LogP contribution < -0.4 is 10.1 Å². The molecule has 0 aliphatic carbocycles. The predicted molar refractivity (Wildman–Crippen MR) is 105 cm³/mol. The van der Waals surface area contributed by atoms with Gasteiger partial charge in [0.05, 0.1) is 11.0 Å². The average molecular weight is 403 g/mol. The van der Waals surface area contributed by atoms with Crippen molar-refractivity contribution in [1.29, 1.82) is 0 Å². The predicted octanol–water partition coefficient (Wildman–Crippen LogP) is 3.48. The minimum Gasteiger partial charge on any atom is -0.454 e. The quantitative estimate of drug-likeness (QED) is 0.606. The molecule has 154 valence electrons. The monoisotopic (exact) mass is 403 g/mol. The molecular weight excluding hydrogens is 381 g/mol. The second-order valence-electron chi connectivity index (χ2n) is 6.96. The molecule has 0 unspecified atom stereocenters. The number of hydrogen-bond acceptors (Lipinski definition) is 6. The lowest BCUT2D eigenvalue weighted by molar-refractivity contribution is -0.385. The van der Waals surface area contributed by atoms with Crippen molar-refractivity contribution < 1.29 is 18.8 Å². The second kappa shape index (κ2) is 8.82. The van der Waals surface area contributed by atoms with E-state index in [4.69, 9.17) is 4.74 Å². The highest BCUT2D eigenvalue weighted by Crippen LogP contribution is 2.28. The van der Waals surface area contributed by atoms with Gasteiger partial charge in [0.15, 0.2) is 11.6 Å². The summed E-state index contributed by atoms with van der Waals surface area (Å²) in [4.78, 5) is 30.5. The fraction of sp³-hybridized carbons (Fsp3) is 0.368. The van der Waals surface area contributed by atoms with Crippen molar-refractivity contribution in [3.63, 3.8) is 0 Å². The largest absolute Gasteiger partial charge is 0.454 e. The van der Waals surface area contributed by atoms with Crippen LogP contribution in [0.25, 0.3) is 0 Å². The van der Waals surface area contributed by atoms with Crippen LogP contribution in [0.15, 0.2) is 36.5 Å². The Balaban J connectivity index is 1.63. The Morgan fingerprint density at radius 3 is 2.66 bits per heavy atom. The molecule has 29 heavy (non-hydrogen) atoms. The zero-order chi connectivity index (χ0) is 21.0. The Morgan fingerprint density at radius 1 is 1.31 bits per heavy atom. The molecule has 1 saturated heterocycles. The van der Waals surface area contributed by atoms with Gasteiger partial charge < -0.3 is 14.5 Å². The smallest absolute Gasteiger partial charge is 0.323 e. The minimum atomic E-state index is -0.856. The minimum absolute atomic E-state index is 0.162. The third-order valence-electron chi connectivity index (χ3n) is 4.80. The number of amides is 2. The van der Waals surface area contributed by atoms with Crippen LogP contribution in [0.1, 0.15) is 12.8 Å². The molecule has 0 radical (unpaired) electrons. The number of nitro groups is 1. The second-order valence-corrected chi connectivity index (χ2v) is 6.96. The molecule has 1 aromatic heterocycles. The summed E-state index contributed by atoms with van der Waals surface area (Å²) < 4.78 is 19.5. The molecule has 0 atom stereocenters. The molecule has 2 aromatic rings. The van der Waals surface area contributed by atoms with Gasteiger partial charge in [-0.05, 0) is 39.1 Å². The number of ether oxygens (including phenoxy) is 1. The molecular formula is C19H22FN5O4. The standard InChI is InChI=1S/C19H22FN5O4/c1-23(2)13-6-9-24(10-7-13)19(26)22-18-12-15(5-8-21-18)29-17-4-3-14(25(27)28)11-16(17)20/h3-5,8,11-13H,6-7,9-10H2,1-2H3,(H,21,22,26). The van der Waals surface area contributed by atoms with Crippen LogP contribution in [-0.2, 0) is 0 Å². The number of halogens is 1. The number of non-ortho nitro benzene ring substituents is 1. The van der Waals surface area contributed by atoms with Gasteiger partial charge >= 0.3 is 6.03 Å². The van der Waals surface area contributed by atoms with Crippen LogP contribution in [0, 0.1) is 15.9 Å². The summed E-state index contributed by atoms with van der Waals surface area (Å²) >= 11 is 0. The lowest BCUT2D eigenvalue weighted by Gasteiger charge is -2.35. The molecule has 1 aliphatic heterocycles. The van der Waals surface area contributed by atoms with E-state index >= 15 is 0 Å². The summed E-state index contributed by atoms with van der Waals surface area (Å²) in [7, 11) is 4.06. The summed E-state index contributed by atoms with van der Waals surface area (Å²) in [5, 5.41) is 13.4. The fourth-order valence-electron chi connectivity index (χ4n) is 3.13. The van der Waals surface area contributed by atoms with Gasteiger partial charge in [-0.15, -0.1) is 0 Å². The lowest BCUT2D eigenvalue weighted by Crippen LogP contribution is -2.46. The fourth-order valence-corrected chi connectivity index (χ4v) is 3.13. The number of urea groups is 1. The Labute approximate surface area is 167 Å². The van der Waals surface area contributed by atoms with Crippen molar-refractivity contribution in [3.05, 3.63) is 52.5 Å². The molecule has 1 aromatic carbocycles. The maximum Gasteiger partial charge on any atom is 0.323 e. The molecule has 2 amide bonds. The van der Waals surface area contributed by atoms with Crippen molar-refractivity contribution in [2.75, 3.05) is 32.5 Å². The first-order valence-electron chi connectivity index (χ1n) is 9.13. The molecule has 1 fully saturated rings.